The molecule has 3 nitrogen and oxygen atoms in total. The van der Waals surface area contributed by atoms with Crippen molar-refractivity contribution in [2.45, 2.75) is 13.3 Å². The summed E-state index contributed by atoms with van der Waals surface area (Å²) in [7, 11) is 0. The van der Waals surface area contributed by atoms with Crippen molar-refractivity contribution in [3.63, 3.8) is 0 Å². The fraction of sp³-hybridized carbons (Fsp3) is 0.0870. The van der Waals surface area contributed by atoms with Gasteiger partial charge in [-0.3, -0.25) is 0 Å². The minimum absolute atomic E-state index is 0.928. The number of rotatable bonds is 3. The SMILES string of the molecule is CCc1ccccc1-c1c[nH]c2ncc(-c3ccc4[nH]ccc4c3)cc12. The first kappa shape index (κ1) is 15.0. The van der Waals surface area contributed by atoms with Gasteiger partial charge >= 0.3 is 0 Å². The lowest BCUT2D eigenvalue weighted by molar-refractivity contribution is 1.14. The van der Waals surface area contributed by atoms with Crippen LogP contribution in [-0.4, -0.2) is 15.0 Å². The van der Waals surface area contributed by atoms with E-state index in [2.05, 4.69) is 82.7 Å². The van der Waals surface area contributed by atoms with Gasteiger partial charge in [0.15, 0.2) is 0 Å². The number of benzene rings is 2. The lowest BCUT2D eigenvalue weighted by atomic mass is 9.97. The molecule has 0 aliphatic carbocycles. The van der Waals surface area contributed by atoms with Crippen molar-refractivity contribution in [1.82, 2.24) is 15.0 Å². The van der Waals surface area contributed by atoms with E-state index in [0.717, 1.165) is 28.5 Å². The quantitative estimate of drug-likeness (QED) is 0.420. The zero-order valence-electron chi connectivity index (χ0n) is 14.6. The average molecular weight is 337 g/mol. The van der Waals surface area contributed by atoms with Crippen LogP contribution in [0.4, 0.5) is 0 Å². The van der Waals surface area contributed by atoms with Gasteiger partial charge in [0, 0.05) is 40.6 Å². The topological polar surface area (TPSA) is 44.5 Å². The van der Waals surface area contributed by atoms with Crippen LogP contribution in [-0.2, 0) is 6.42 Å². The molecule has 0 aliphatic heterocycles. The summed E-state index contributed by atoms with van der Waals surface area (Å²) in [6.07, 6.45) is 7.01. The Hall–Kier alpha value is -3.33. The van der Waals surface area contributed by atoms with E-state index < -0.39 is 0 Å². The normalized spacial score (nSPS) is 11.4. The Morgan fingerprint density at radius 3 is 2.73 bits per heavy atom. The van der Waals surface area contributed by atoms with Crippen molar-refractivity contribution in [3.8, 4) is 22.3 Å². The molecule has 5 aromatic rings. The maximum Gasteiger partial charge on any atom is 0.137 e. The van der Waals surface area contributed by atoms with E-state index in [1.807, 2.05) is 12.4 Å². The number of nitrogens with one attached hydrogen (secondary N) is 2. The van der Waals surface area contributed by atoms with Crippen molar-refractivity contribution < 1.29 is 0 Å². The summed E-state index contributed by atoms with van der Waals surface area (Å²) in [4.78, 5) is 11.2. The highest BCUT2D eigenvalue weighted by Crippen LogP contribution is 2.33. The predicted molar refractivity (Wildman–Crippen MR) is 108 cm³/mol. The zero-order valence-corrected chi connectivity index (χ0v) is 14.6. The second kappa shape index (κ2) is 5.88. The minimum atomic E-state index is 0.928. The van der Waals surface area contributed by atoms with Crippen LogP contribution in [0.3, 0.4) is 0 Å². The maximum absolute atomic E-state index is 4.66. The van der Waals surface area contributed by atoms with Crippen LogP contribution < -0.4 is 0 Å². The molecule has 0 amide bonds. The summed E-state index contributed by atoms with van der Waals surface area (Å²) in [6.45, 7) is 2.20. The van der Waals surface area contributed by atoms with Gasteiger partial charge in [-0.1, -0.05) is 37.3 Å². The minimum Gasteiger partial charge on any atom is -0.361 e. The molecule has 5 rings (SSSR count). The van der Waals surface area contributed by atoms with E-state index in [1.54, 1.807) is 0 Å². The van der Waals surface area contributed by atoms with Gasteiger partial charge in [-0.15, -0.1) is 0 Å². The van der Waals surface area contributed by atoms with Gasteiger partial charge in [0.1, 0.15) is 5.65 Å². The molecule has 0 fully saturated rings. The highest BCUT2D eigenvalue weighted by atomic mass is 14.8. The number of H-pyrrole nitrogens is 2. The zero-order chi connectivity index (χ0) is 17.5. The smallest absolute Gasteiger partial charge is 0.137 e. The molecule has 26 heavy (non-hydrogen) atoms. The van der Waals surface area contributed by atoms with Crippen molar-refractivity contribution in [2.24, 2.45) is 0 Å². The van der Waals surface area contributed by atoms with Crippen LogP contribution in [0.15, 0.2) is 73.2 Å². The van der Waals surface area contributed by atoms with Crippen LogP contribution in [0.5, 0.6) is 0 Å². The highest BCUT2D eigenvalue weighted by molar-refractivity contribution is 5.97. The van der Waals surface area contributed by atoms with Crippen LogP contribution in [0.2, 0.25) is 0 Å². The summed E-state index contributed by atoms with van der Waals surface area (Å²) >= 11 is 0. The van der Waals surface area contributed by atoms with Crippen LogP contribution >= 0.6 is 0 Å². The maximum atomic E-state index is 4.66. The van der Waals surface area contributed by atoms with E-state index in [-0.39, 0.29) is 0 Å². The van der Waals surface area contributed by atoms with Crippen molar-refractivity contribution in [3.05, 3.63) is 78.8 Å². The van der Waals surface area contributed by atoms with Crippen LogP contribution in [0.25, 0.3) is 44.2 Å². The number of aryl methyl sites for hydroxylation is 1. The van der Waals surface area contributed by atoms with Gasteiger partial charge in [0.2, 0.25) is 0 Å². The number of pyridine rings is 1. The number of fused-ring (bicyclic) bond motifs is 2. The Bertz CT molecular complexity index is 1230. The van der Waals surface area contributed by atoms with Gasteiger partial charge in [-0.2, -0.15) is 0 Å². The molecule has 0 aliphatic rings. The number of hydrogen-bond acceptors (Lipinski definition) is 1. The van der Waals surface area contributed by atoms with Crippen LogP contribution in [0.1, 0.15) is 12.5 Å². The van der Waals surface area contributed by atoms with Crippen molar-refractivity contribution in [1.29, 1.82) is 0 Å². The molecule has 0 saturated heterocycles. The Kier molecular flexibility index (Phi) is 3.39. The predicted octanol–water partition coefficient (Wildman–Crippen LogP) is 5.94. The molecular formula is C23H19N3. The van der Waals surface area contributed by atoms with E-state index in [1.165, 1.54) is 27.6 Å². The Balaban J connectivity index is 1.69. The summed E-state index contributed by atoms with van der Waals surface area (Å²) in [6, 6.07) is 19.4. The molecule has 126 valence electrons. The first-order chi connectivity index (χ1) is 12.8. The molecule has 0 unspecified atom stereocenters. The fourth-order valence-corrected chi connectivity index (χ4v) is 3.71. The fourth-order valence-electron chi connectivity index (χ4n) is 3.71. The first-order valence-electron chi connectivity index (χ1n) is 8.96. The molecule has 0 atom stereocenters. The molecule has 3 aromatic heterocycles. The third-order valence-corrected chi connectivity index (χ3v) is 5.11. The van der Waals surface area contributed by atoms with Crippen molar-refractivity contribution >= 4 is 21.9 Å². The Morgan fingerprint density at radius 2 is 1.81 bits per heavy atom. The van der Waals surface area contributed by atoms with Crippen molar-refractivity contribution in [2.75, 3.05) is 0 Å². The third-order valence-electron chi connectivity index (χ3n) is 5.11. The molecule has 0 spiro atoms. The largest absolute Gasteiger partial charge is 0.361 e. The summed E-state index contributed by atoms with van der Waals surface area (Å²) in [5, 5.41) is 2.38. The van der Waals surface area contributed by atoms with Gasteiger partial charge in [-0.05, 0) is 52.8 Å². The summed E-state index contributed by atoms with van der Waals surface area (Å²) in [5.74, 6) is 0. The molecule has 2 N–H and O–H groups in total. The standard InChI is InChI=1S/C23H19N3/c1-2-15-5-3-4-6-19(15)21-14-26-23-20(21)12-18(13-25-23)16-7-8-22-17(11-16)9-10-24-22/h3-14,24H,2H2,1H3,(H,25,26). The first-order valence-corrected chi connectivity index (χ1v) is 8.96. The molecule has 0 saturated carbocycles. The average Bonchev–Trinajstić information content (AvgIpc) is 3.33. The van der Waals surface area contributed by atoms with E-state index in [9.17, 15) is 0 Å². The second-order valence-electron chi connectivity index (χ2n) is 6.61. The van der Waals surface area contributed by atoms with E-state index in [0.29, 0.717) is 0 Å². The van der Waals surface area contributed by atoms with Gasteiger partial charge in [0.25, 0.3) is 0 Å². The van der Waals surface area contributed by atoms with Gasteiger partial charge in [0.05, 0.1) is 0 Å². The monoisotopic (exact) mass is 337 g/mol. The van der Waals surface area contributed by atoms with Gasteiger partial charge in [-0.25, -0.2) is 4.98 Å². The molecule has 2 aromatic carbocycles. The van der Waals surface area contributed by atoms with E-state index in [4.69, 9.17) is 0 Å². The van der Waals surface area contributed by atoms with E-state index >= 15 is 0 Å². The number of hydrogen-bond donors (Lipinski definition) is 2. The molecular weight excluding hydrogens is 318 g/mol. The number of nitrogens with zero attached hydrogens (tertiary/aromatic N) is 1. The highest BCUT2D eigenvalue weighted by Gasteiger charge is 2.11. The molecule has 3 heterocycles. The second-order valence-corrected chi connectivity index (χ2v) is 6.61. The van der Waals surface area contributed by atoms with Crippen LogP contribution in [0, 0.1) is 0 Å². The Morgan fingerprint density at radius 1 is 0.885 bits per heavy atom. The molecule has 0 bridgehead atoms. The molecule has 0 radical (unpaired) electrons. The lowest BCUT2D eigenvalue weighted by Gasteiger charge is -2.07. The lowest BCUT2D eigenvalue weighted by Crippen LogP contribution is -1.87. The summed E-state index contributed by atoms with van der Waals surface area (Å²) < 4.78 is 0. The third kappa shape index (κ3) is 2.32. The summed E-state index contributed by atoms with van der Waals surface area (Å²) in [5.41, 5.74) is 8.25. The molecule has 3 heteroatoms. The van der Waals surface area contributed by atoms with Gasteiger partial charge < -0.3 is 9.97 Å². The number of aromatic amines is 2. The Labute approximate surface area is 151 Å². The number of aromatic nitrogens is 3.